The third-order valence-corrected chi connectivity index (χ3v) is 3.26. The molecule has 0 saturated carbocycles. The van der Waals surface area contributed by atoms with Gasteiger partial charge >= 0.3 is 0 Å². The van der Waals surface area contributed by atoms with Crippen LogP contribution in [0.5, 0.6) is 11.5 Å². The third kappa shape index (κ3) is 5.15. The number of carbonyl (C=O) groups excluding carboxylic acids is 1. The van der Waals surface area contributed by atoms with Crippen molar-refractivity contribution in [3.8, 4) is 23.8 Å². The van der Waals surface area contributed by atoms with Crippen molar-refractivity contribution in [1.82, 2.24) is 0 Å². The fourth-order valence-corrected chi connectivity index (χ4v) is 2.06. The van der Waals surface area contributed by atoms with E-state index in [0.717, 1.165) is 0 Å². The van der Waals surface area contributed by atoms with Crippen LogP contribution in [0.3, 0.4) is 0 Å². The van der Waals surface area contributed by atoms with E-state index in [0.29, 0.717) is 42.4 Å². The topological polar surface area (TPSA) is 44.8 Å². The van der Waals surface area contributed by atoms with E-state index in [2.05, 4.69) is 5.92 Å². The molecule has 4 heteroatoms. The van der Waals surface area contributed by atoms with Crippen LogP contribution in [0.2, 0.25) is 0 Å². The largest absolute Gasteiger partial charge is 0.491 e. The first kappa shape index (κ1) is 17.6. The highest BCUT2D eigenvalue weighted by atomic mass is 16.5. The van der Waals surface area contributed by atoms with Crippen LogP contribution in [0.15, 0.2) is 48.5 Å². The predicted octanol–water partition coefficient (Wildman–Crippen LogP) is 3.34. The summed E-state index contributed by atoms with van der Waals surface area (Å²) in [6.45, 7) is 3.85. The Bertz CT molecular complexity index is 681. The zero-order valence-corrected chi connectivity index (χ0v) is 13.7. The molecule has 0 bridgehead atoms. The molecule has 0 N–H and O–H groups in total. The van der Waals surface area contributed by atoms with Crippen LogP contribution in [-0.4, -0.2) is 32.2 Å². The number of carbonyl (C=O) groups is 1. The lowest BCUT2D eigenvalue weighted by Crippen LogP contribution is -2.06. The van der Waals surface area contributed by atoms with E-state index in [1.807, 2.05) is 6.92 Å². The molecule has 0 unspecified atom stereocenters. The van der Waals surface area contributed by atoms with E-state index in [-0.39, 0.29) is 12.4 Å². The first-order chi connectivity index (χ1) is 11.7. The van der Waals surface area contributed by atoms with E-state index in [1.165, 1.54) is 0 Å². The van der Waals surface area contributed by atoms with Crippen molar-refractivity contribution in [3.05, 3.63) is 59.7 Å². The van der Waals surface area contributed by atoms with E-state index < -0.39 is 0 Å². The first-order valence-corrected chi connectivity index (χ1v) is 7.76. The van der Waals surface area contributed by atoms with Gasteiger partial charge in [-0.05, 0) is 55.5 Å². The van der Waals surface area contributed by atoms with Crippen molar-refractivity contribution in [2.45, 2.75) is 6.92 Å². The number of hydrogen-bond donors (Lipinski definition) is 0. The van der Waals surface area contributed by atoms with Crippen molar-refractivity contribution in [3.63, 3.8) is 0 Å². The maximum absolute atomic E-state index is 12.4. The summed E-state index contributed by atoms with van der Waals surface area (Å²) in [6, 6.07) is 14.0. The summed E-state index contributed by atoms with van der Waals surface area (Å²) in [4.78, 5) is 12.4. The SMILES string of the molecule is C#CCOc1ccc(C(=O)c2ccc(OCCOCC)cc2)cc1. The molecular formula is C20H20O4. The van der Waals surface area contributed by atoms with E-state index in [4.69, 9.17) is 20.6 Å². The van der Waals surface area contributed by atoms with E-state index >= 15 is 0 Å². The van der Waals surface area contributed by atoms with Gasteiger partial charge in [-0.2, -0.15) is 0 Å². The van der Waals surface area contributed by atoms with Gasteiger partial charge in [-0.3, -0.25) is 4.79 Å². The van der Waals surface area contributed by atoms with Gasteiger partial charge in [0.05, 0.1) is 6.61 Å². The highest BCUT2D eigenvalue weighted by molar-refractivity contribution is 6.09. The Kier molecular flexibility index (Phi) is 6.88. The molecule has 0 heterocycles. The molecule has 0 atom stereocenters. The van der Waals surface area contributed by atoms with Gasteiger partial charge < -0.3 is 14.2 Å². The smallest absolute Gasteiger partial charge is 0.193 e. The molecule has 24 heavy (non-hydrogen) atoms. The second kappa shape index (κ2) is 9.39. The first-order valence-electron chi connectivity index (χ1n) is 7.76. The molecule has 0 fully saturated rings. The minimum atomic E-state index is -0.0561. The van der Waals surface area contributed by atoms with Gasteiger partial charge in [0.15, 0.2) is 5.78 Å². The van der Waals surface area contributed by atoms with Gasteiger partial charge in [0, 0.05) is 17.7 Å². The van der Waals surface area contributed by atoms with Crippen molar-refractivity contribution in [2.24, 2.45) is 0 Å². The van der Waals surface area contributed by atoms with Crippen LogP contribution >= 0.6 is 0 Å². The van der Waals surface area contributed by atoms with Crippen molar-refractivity contribution >= 4 is 5.78 Å². The van der Waals surface area contributed by atoms with E-state index in [9.17, 15) is 4.79 Å². The zero-order valence-electron chi connectivity index (χ0n) is 13.7. The standard InChI is InChI=1S/C20H20O4/c1-3-13-23-18-9-5-16(6-10-18)20(21)17-7-11-19(12-8-17)24-15-14-22-4-2/h1,5-12H,4,13-15H2,2H3. The molecule has 0 aliphatic heterocycles. The number of hydrogen-bond acceptors (Lipinski definition) is 4. The summed E-state index contributed by atoms with van der Waals surface area (Å²) in [7, 11) is 0. The van der Waals surface area contributed by atoms with Crippen LogP contribution in [0.1, 0.15) is 22.8 Å². The Morgan fingerprint density at radius 3 is 1.96 bits per heavy atom. The summed E-state index contributed by atoms with van der Waals surface area (Å²) >= 11 is 0. The highest BCUT2D eigenvalue weighted by Crippen LogP contribution is 2.18. The minimum Gasteiger partial charge on any atom is -0.491 e. The molecule has 0 spiro atoms. The number of rotatable bonds is 9. The van der Waals surface area contributed by atoms with Crippen molar-refractivity contribution in [2.75, 3.05) is 26.4 Å². The Morgan fingerprint density at radius 2 is 1.46 bits per heavy atom. The monoisotopic (exact) mass is 324 g/mol. The minimum absolute atomic E-state index is 0.0561. The Morgan fingerprint density at radius 1 is 0.917 bits per heavy atom. The number of ketones is 1. The summed E-state index contributed by atoms with van der Waals surface area (Å²) in [5.74, 6) is 3.69. The third-order valence-electron chi connectivity index (χ3n) is 3.26. The van der Waals surface area contributed by atoms with Crippen LogP contribution < -0.4 is 9.47 Å². The van der Waals surface area contributed by atoms with Crippen LogP contribution in [0.4, 0.5) is 0 Å². The summed E-state index contributed by atoms with van der Waals surface area (Å²) in [5.41, 5.74) is 1.19. The molecule has 0 amide bonds. The number of ether oxygens (including phenoxy) is 3. The molecular weight excluding hydrogens is 304 g/mol. The second-order valence-corrected chi connectivity index (χ2v) is 4.92. The normalized spacial score (nSPS) is 10.0. The van der Waals surface area contributed by atoms with Crippen LogP contribution in [0, 0.1) is 12.3 Å². The molecule has 0 aliphatic rings. The Balaban J connectivity index is 1.95. The van der Waals surface area contributed by atoms with Gasteiger partial charge in [0.1, 0.15) is 24.7 Å². The number of terminal acetylenes is 1. The molecule has 0 saturated heterocycles. The molecule has 4 nitrogen and oxygen atoms in total. The quantitative estimate of drug-likeness (QED) is 0.403. The van der Waals surface area contributed by atoms with E-state index in [1.54, 1.807) is 48.5 Å². The predicted molar refractivity (Wildman–Crippen MR) is 92.6 cm³/mol. The molecule has 2 aromatic rings. The number of benzene rings is 2. The summed E-state index contributed by atoms with van der Waals surface area (Å²) in [5, 5.41) is 0. The molecule has 2 rings (SSSR count). The fraction of sp³-hybridized carbons (Fsp3) is 0.250. The summed E-state index contributed by atoms with van der Waals surface area (Å²) < 4.78 is 16.0. The lowest BCUT2D eigenvalue weighted by Gasteiger charge is -2.07. The Labute approximate surface area is 142 Å². The average molecular weight is 324 g/mol. The van der Waals surface area contributed by atoms with Gasteiger partial charge in [0.2, 0.25) is 0 Å². The maximum atomic E-state index is 12.4. The fourth-order valence-electron chi connectivity index (χ4n) is 2.06. The molecule has 124 valence electrons. The zero-order chi connectivity index (χ0) is 17.2. The molecule has 0 radical (unpaired) electrons. The lowest BCUT2D eigenvalue weighted by atomic mass is 10.0. The Hall–Kier alpha value is -2.77. The highest BCUT2D eigenvalue weighted by Gasteiger charge is 2.09. The van der Waals surface area contributed by atoms with Crippen molar-refractivity contribution < 1.29 is 19.0 Å². The average Bonchev–Trinajstić information content (AvgIpc) is 2.64. The van der Waals surface area contributed by atoms with Gasteiger partial charge in [-0.25, -0.2) is 0 Å². The van der Waals surface area contributed by atoms with Crippen molar-refractivity contribution in [1.29, 1.82) is 0 Å². The summed E-state index contributed by atoms with van der Waals surface area (Å²) in [6.07, 6.45) is 5.14. The van der Waals surface area contributed by atoms with Gasteiger partial charge in [0.25, 0.3) is 0 Å². The maximum Gasteiger partial charge on any atom is 0.193 e. The van der Waals surface area contributed by atoms with Gasteiger partial charge in [-0.15, -0.1) is 6.42 Å². The molecule has 2 aromatic carbocycles. The lowest BCUT2D eigenvalue weighted by molar-refractivity contribution is 0.103. The van der Waals surface area contributed by atoms with Gasteiger partial charge in [-0.1, -0.05) is 5.92 Å². The molecule has 0 aromatic heterocycles. The van der Waals surface area contributed by atoms with Crippen LogP contribution in [0.25, 0.3) is 0 Å². The molecule has 0 aliphatic carbocycles. The second-order valence-electron chi connectivity index (χ2n) is 4.92. The van der Waals surface area contributed by atoms with Crippen LogP contribution in [-0.2, 0) is 4.74 Å².